The van der Waals surface area contributed by atoms with E-state index in [1.54, 1.807) is 29.5 Å². The summed E-state index contributed by atoms with van der Waals surface area (Å²) in [5.41, 5.74) is 2.26. The van der Waals surface area contributed by atoms with Crippen LogP contribution in [0.3, 0.4) is 0 Å². The van der Waals surface area contributed by atoms with Gasteiger partial charge in [0.15, 0.2) is 5.13 Å². The molecule has 0 unspecified atom stereocenters. The summed E-state index contributed by atoms with van der Waals surface area (Å²) in [4.78, 5) is 43.3. The van der Waals surface area contributed by atoms with Crippen LogP contribution >= 0.6 is 11.3 Å². The molecule has 0 radical (unpaired) electrons. The number of anilines is 1. The molecule has 2 aromatic rings. The van der Waals surface area contributed by atoms with Crippen LogP contribution in [0, 0.1) is 6.92 Å². The molecule has 2 N–H and O–H groups in total. The quantitative estimate of drug-likeness (QED) is 0.519. The Kier molecular flexibility index (Phi) is 8.13. The van der Waals surface area contributed by atoms with Gasteiger partial charge in [0.25, 0.3) is 5.91 Å². The number of carbonyl (C=O) groups excluding carboxylic acids is 3. The van der Waals surface area contributed by atoms with E-state index in [1.807, 2.05) is 19.1 Å². The number of carbonyl (C=O) groups is 3. The molecule has 166 valence electrons. The lowest BCUT2D eigenvalue weighted by atomic mass is 10.1. The largest absolute Gasteiger partial charge is 0.385 e. The number of methoxy groups -OCH3 is 1. The van der Waals surface area contributed by atoms with Gasteiger partial charge in [0, 0.05) is 37.2 Å². The van der Waals surface area contributed by atoms with Gasteiger partial charge in [0.05, 0.1) is 12.1 Å². The molecule has 0 aliphatic heterocycles. The maximum Gasteiger partial charge on any atom is 0.254 e. The smallest absolute Gasteiger partial charge is 0.254 e. The number of rotatable bonds is 11. The lowest BCUT2D eigenvalue weighted by molar-refractivity contribution is -0.120. The number of aryl methyl sites for hydroxylation is 1. The van der Waals surface area contributed by atoms with Crippen molar-refractivity contribution in [2.24, 2.45) is 0 Å². The Balaban J connectivity index is 1.51. The van der Waals surface area contributed by atoms with E-state index in [0.717, 1.165) is 24.8 Å². The molecule has 3 amide bonds. The second-order valence-electron chi connectivity index (χ2n) is 7.60. The number of hydrogen-bond donors (Lipinski definition) is 2. The van der Waals surface area contributed by atoms with Crippen LogP contribution in [0.15, 0.2) is 29.6 Å². The Hall–Kier alpha value is -2.78. The number of nitrogens with zero attached hydrogens (tertiary/aromatic N) is 2. The molecule has 0 spiro atoms. The first kappa shape index (κ1) is 22.9. The second kappa shape index (κ2) is 11.0. The van der Waals surface area contributed by atoms with Gasteiger partial charge in [-0.1, -0.05) is 17.7 Å². The van der Waals surface area contributed by atoms with Gasteiger partial charge in [-0.15, -0.1) is 11.3 Å². The van der Waals surface area contributed by atoms with Crippen molar-refractivity contribution in [2.75, 3.05) is 32.1 Å². The number of hydrogen-bond acceptors (Lipinski definition) is 6. The Bertz CT molecular complexity index is 908. The summed E-state index contributed by atoms with van der Waals surface area (Å²) < 4.78 is 4.95. The van der Waals surface area contributed by atoms with Gasteiger partial charge in [-0.3, -0.25) is 14.4 Å². The molecule has 3 rings (SSSR count). The van der Waals surface area contributed by atoms with E-state index >= 15 is 0 Å². The Labute approximate surface area is 186 Å². The Morgan fingerprint density at radius 3 is 2.61 bits per heavy atom. The summed E-state index contributed by atoms with van der Waals surface area (Å²) in [7, 11) is 1.62. The standard InChI is InChI=1S/C22H28N4O4S/c1-15-4-6-16(7-5-15)21(29)26(18-8-9-18)13-20(28)25-22-24-17(14-31-22)12-19(27)23-10-3-11-30-2/h4-7,14,18H,3,8-13H2,1-2H3,(H,23,27)(H,24,25,28). The van der Waals surface area contributed by atoms with E-state index in [1.165, 1.54) is 11.3 Å². The molecular weight excluding hydrogens is 416 g/mol. The maximum atomic E-state index is 12.9. The van der Waals surface area contributed by atoms with Crippen LogP contribution in [0.25, 0.3) is 0 Å². The molecule has 0 atom stereocenters. The number of nitrogens with one attached hydrogen (secondary N) is 2. The first-order valence-corrected chi connectivity index (χ1v) is 11.2. The van der Waals surface area contributed by atoms with Crippen LogP contribution in [0.5, 0.6) is 0 Å². The highest BCUT2D eigenvalue weighted by atomic mass is 32.1. The average Bonchev–Trinajstić information content (AvgIpc) is 3.50. The fourth-order valence-corrected chi connectivity index (χ4v) is 3.77. The summed E-state index contributed by atoms with van der Waals surface area (Å²) in [5.74, 6) is -0.553. The minimum Gasteiger partial charge on any atom is -0.385 e. The van der Waals surface area contributed by atoms with Crippen molar-refractivity contribution < 1.29 is 19.1 Å². The first-order valence-electron chi connectivity index (χ1n) is 10.3. The first-order chi connectivity index (χ1) is 15.0. The fraction of sp³-hybridized carbons (Fsp3) is 0.455. The molecule has 9 heteroatoms. The van der Waals surface area contributed by atoms with E-state index in [0.29, 0.717) is 29.5 Å². The number of thiazole rings is 1. The summed E-state index contributed by atoms with van der Waals surface area (Å²) >= 11 is 1.26. The minimum absolute atomic E-state index is 0.0216. The molecule has 1 aromatic heterocycles. The molecule has 8 nitrogen and oxygen atoms in total. The highest BCUT2D eigenvalue weighted by Crippen LogP contribution is 2.28. The van der Waals surface area contributed by atoms with Gasteiger partial charge in [0.1, 0.15) is 6.54 Å². The fourth-order valence-electron chi connectivity index (χ4n) is 3.05. The van der Waals surface area contributed by atoms with E-state index in [2.05, 4.69) is 15.6 Å². The molecular formula is C22H28N4O4S. The Morgan fingerprint density at radius 2 is 1.94 bits per heavy atom. The average molecular weight is 445 g/mol. The summed E-state index contributed by atoms with van der Waals surface area (Å²) in [6.45, 7) is 3.09. The topological polar surface area (TPSA) is 101 Å². The van der Waals surface area contributed by atoms with Crippen LogP contribution in [0.2, 0.25) is 0 Å². The van der Waals surface area contributed by atoms with Gasteiger partial charge in [-0.05, 0) is 38.3 Å². The molecule has 31 heavy (non-hydrogen) atoms. The number of benzene rings is 1. The number of aromatic nitrogens is 1. The van der Waals surface area contributed by atoms with Crippen LogP contribution in [0.4, 0.5) is 5.13 Å². The zero-order valence-corrected chi connectivity index (χ0v) is 18.7. The van der Waals surface area contributed by atoms with Crippen molar-refractivity contribution in [2.45, 2.75) is 38.6 Å². The summed E-state index contributed by atoms with van der Waals surface area (Å²) in [5, 5.41) is 7.73. The number of ether oxygens (including phenoxy) is 1. The molecule has 1 heterocycles. The number of amides is 3. The van der Waals surface area contributed by atoms with Crippen molar-refractivity contribution in [1.29, 1.82) is 0 Å². The highest BCUT2D eigenvalue weighted by molar-refractivity contribution is 7.13. The van der Waals surface area contributed by atoms with Gasteiger partial charge in [-0.25, -0.2) is 4.98 Å². The van der Waals surface area contributed by atoms with Crippen LogP contribution in [-0.2, 0) is 20.7 Å². The lowest BCUT2D eigenvalue weighted by Gasteiger charge is -2.21. The molecule has 0 saturated heterocycles. The van der Waals surface area contributed by atoms with Crippen LogP contribution < -0.4 is 10.6 Å². The summed E-state index contributed by atoms with van der Waals surface area (Å²) in [6, 6.07) is 7.47. The van der Waals surface area contributed by atoms with Gasteiger partial charge < -0.3 is 20.3 Å². The second-order valence-corrected chi connectivity index (χ2v) is 8.45. The normalized spacial score (nSPS) is 13.0. The third-order valence-electron chi connectivity index (χ3n) is 4.85. The molecule has 1 fully saturated rings. The highest BCUT2D eigenvalue weighted by Gasteiger charge is 2.34. The lowest BCUT2D eigenvalue weighted by Crippen LogP contribution is -2.39. The third kappa shape index (κ3) is 7.15. The minimum atomic E-state index is -0.294. The SMILES string of the molecule is COCCCNC(=O)Cc1csc(NC(=O)CN(C(=O)c2ccc(C)cc2)C2CC2)n1. The molecule has 1 saturated carbocycles. The van der Waals surface area contributed by atoms with Gasteiger partial charge in [0.2, 0.25) is 11.8 Å². The van der Waals surface area contributed by atoms with Crippen molar-refractivity contribution in [3.8, 4) is 0 Å². The summed E-state index contributed by atoms with van der Waals surface area (Å²) in [6.07, 6.45) is 2.72. The molecule has 0 bridgehead atoms. The maximum absolute atomic E-state index is 12.9. The predicted molar refractivity (Wildman–Crippen MR) is 119 cm³/mol. The third-order valence-corrected chi connectivity index (χ3v) is 5.65. The monoisotopic (exact) mass is 444 g/mol. The Morgan fingerprint density at radius 1 is 1.19 bits per heavy atom. The van der Waals surface area contributed by atoms with E-state index in [4.69, 9.17) is 4.74 Å². The molecule has 1 aliphatic rings. The van der Waals surface area contributed by atoms with Crippen molar-refractivity contribution in [3.63, 3.8) is 0 Å². The molecule has 1 aliphatic carbocycles. The van der Waals surface area contributed by atoms with Crippen LogP contribution in [0.1, 0.15) is 40.9 Å². The van der Waals surface area contributed by atoms with E-state index in [-0.39, 0.29) is 36.7 Å². The zero-order chi connectivity index (χ0) is 22.2. The van der Waals surface area contributed by atoms with E-state index < -0.39 is 0 Å². The molecule has 1 aromatic carbocycles. The van der Waals surface area contributed by atoms with Crippen LogP contribution in [-0.4, -0.2) is 60.5 Å². The van der Waals surface area contributed by atoms with Gasteiger partial charge in [-0.2, -0.15) is 0 Å². The van der Waals surface area contributed by atoms with Crippen molar-refractivity contribution in [1.82, 2.24) is 15.2 Å². The van der Waals surface area contributed by atoms with Crippen molar-refractivity contribution in [3.05, 3.63) is 46.5 Å². The zero-order valence-electron chi connectivity index (χ0n) is 17.8. The predicted octanol–water partition coefficient (Wildman–Crippen LogP) is 2.39. The van der Waals surface area contributed by atoms with E-state index in [9.17, 15) is 14.4 Å². The van der Waals surface area contributed by atoms with Gasteiger partial charge >= 0.3 is 0 Å². The van der Waals surface area contributed by atoms with Crippen molar-refractivity contribution >= 4 is 34.2 Å².